The van der Waals surface area contributed by atoms with Crippen molar-refractivity contribution in [3.63, 3.8) is 0 Å². The van der Waals surface area contributed by atoms with Crippen molar-refractivity contribution in [1.82, 2.24) is 0 Å². The first-order chi connectivity index (χ1) is 8.69. The van der Waals surface area contributed by atoms with Gasteiger partial charge in [0, 0.05) is 8.95 Å². The molecule has 0 saturated heterocycles. The summed E-state index contributed by atoms with van der Waals surface area (Å²) in [6.07, 6.45) is 4.01. The first-order valence-corrected chi connectivity index (χ1v) is 6.91. The molecule has 0 aliphatic carbocycles. The molecule has 0 fully saturated rings. The number of nitriles is 1. The molecule has 0 aliphatic rings. The first kappa shape index (κ1) is 13.1. The van der Waals surface area contributed by atoms with Gasteiger partial charge in [0.05, 0.1) is 11.6 Å². The van der Waals surface area contributed by atoms with Gasteiger partial charge in [-0.25, -0.2) is 0 Å². The molecule has 2 aromatic carbocycles. The highest BCUT2D eigenvalue weighted by atomic mass is 79.9. The van der Waals surface area contributed by atoms with Gasteiger partial charge in [0.15, 0.2) is 0 Å². The van der Waals surface area contributed by atoms with Crippen molar-refractivity contribution >= 4 is 44.0 Å². The van der Waals surface area contributed by atoms with Crippen molar-refractivity contribution in [2.45, 2.75) is 0 Å². The molecule has 2 aromatic rings. The zero-order valence-corrected chi connectivity index (χ0v) is 12.6. The van der Waals surface area contributed by atoms with E-state index in [0.717, 1.165) is 20.1 Å². The second-order valence-corrected chi connectivity index (χ2v) is 5.51. The van der Waals surface area contributed by atoms with Gasteiger partial charge >= 0.3 is 0 Å². The van der Waals surface area contributed by atoms with Crippen LogP contribution in [0.1, 0.15) is 16.7 Å². The lowest BCUT2D eigenvalue weighted by atomic mass is 10.1. The highest BCUT2D eigenvalue weighted by molar-refractivity contribution is 9.10. The van der Waals surface area contributed by atoms with Crippen LogP contribution in [0.4, 0.5) is 0 Å². The van der Waals surface area contributed by atoms with E-state index in [2.05, 4.69) is 37.9 Å². The van der Waals surface area contributed by atoms with Crippen LogP contribution in [0.5, 0.6) is 0 Å². The molecule has 1 nitrogen and oxygen atoms in total. The van der Waals surface area contributed by atoms with E-state index in [1.807, 2.05) is 48.6 Å². The topological polar surface area (TPSA) is 23.8 Å². The molecule has 0 aliphatic heterocycles. The second kappa shape index (κ2) is 5.99. The third-order valence-electron chi connectivity index (χ3n) is 2.41. The Hall–Kier alpha value is -1.37. The molecule has 0 unspecified atom stereocenters. The highest BCUT2D eigenvalue weighted by Gasteiger charge is 1.97. The number of nitrogens with zero attached hydrogens (tertiary/aromatic N) is 1. The number of benzene rings is 2. The van der Waals surface area contributed by atoms with Gasteiger partial charge in [0.1, 0.15) is 0 Å². The van der Waals surface area contributed by atoms with E-state index in [4.69, 9.17) is 5.26 Å². The normalized spacial score (nSPS) is 10.5. The fourth-order valence-corrected chi connectivity index (χ4v) is 2.50. The van der Waals surface area contributed by atoms with Crippen LogP contribution in [0.15, 0.2) is 51.4 Å². The summed E-state index contributed by atoms with van der Waals surface area (Å²) in [5.41, 5.74) is 2.75. The van der Waals surface area contributed by atoms with Crippen LogP contribution in [0.3, 0.4) is 0 Å². The second-order valence-electron chi connectivity index (χ2n) is 3.74. The lowest BCUT2D eigenvalue weighted by molar-refractivity contribution is 1.47. The zero-order valence-electron chi connectivity index (χ0n) is 9.40. The monoisotopic (exact) mass is 361 g/mol. The number of hydrogen-bond donors (Lipinski definition) is 0. The zero-order chi connectivity index (χ0) is 13.0. The maximum atomic E-state index is 8.91. The summed E-state index contributed by atoms with van der Waals surface area (Å²) in [6, 6.07) is 15.8. The largest absolute Gasteiger partial charge is 0.192 e. The summed E-state index contributed by atoms with van der Waals surface area (Å²) >= 11 is 6.90. The molecule has 0 atom stereocenters. The van der Waals surface area contributed by atoms with Crippen LogP contribution in [0.25, 0.3) is 12.2 Å². The minimum atomic E-state index is 0.649. The Balaban J connectivity index is 2.32. The van der Waals surface area contributed by atoms with Crippen LogP contribution < -0.4 is 0 Å². The predicted octanol–water partition coefficient (Wildman–Crippen LogP) is 5.25. The van der Waals surface area contributed by atoms with Crippen LogP contribution in [-0.4, -0.2) is 0 Å². The highest BCUT2D eigenvalue weighted by Crippen LogP contribution is 2.20. The molecule has 3 heteroatoms. The van der Waals surface area contributed by atoms with Gasteiger partial charge in [-0.3, -0.25) is 0 Å². The SMILES string of the molecule is N#Cc1cc(Br)cc(C=Cc2ccccc2Br)c1. The van der Waals surface area contributed by atoms with Crippen molar-refractivity contribution in [2.24, 2.45) is 0 Å². The maximum Gasteiger partial charge on any atom is 0.0992 e. The molecule has 18 heavy (non-hydrogen) atoms. The van der Waals surface area contributed by atoms with E-state index in [1.54, 1.807) is 6.07 Å². The molecule has 0 radical (unpaired) electrons. The van der Waals surface area contributed by atoms with Crippen molar-refractivity contribution in [1.29, 1.82) is 5.26 Å². The third-order valence-corrected chi connectivity index (χ3v) is 3.59. The molecular formula is C15H9Br2N. The van der Waals surface area contributed by atoms with Crippen LogP contribution >= 0.6 is 31.9 Å². The summed E-state index contributed by atoms with van der Waals surface area (Å²) in [5.74, 6) is 0. The van der Waals surface area contributed by atoms with E-state index in [-0.39, 0.29) is 0 Å². The first-order valence-electron chi connectivity index (χ1n) is 5.32. The Bertz CT molecular complexity index is 639. The van der Waals surface area contributed by atoms with E-state index in [0.29, 0.717) is 5.56 Å². The molecule has 0 amide bonds. The van der Waals surface area contributed by atoms with E-state index < -0.39 is 0 Å². The Labute approximate surface area is 123 Å². The van der Waals surface area contributed by atoms with Crippen LogP contribution in [0, 0.1) is 11.3 Å². The van der Waals surface area contributed by atoms with Gasteiger partial charge in [0.2, 0.25) is 0 Å². The fourth-order valence-electron chi connectivity index (χ4n) is 1.57. The average molecular weight is 363 g/mol. The maximum absolute atomic E-state index is 8.91. The summed E-state index contributed by atoms with van der Waals surface area (Å²) in [6.45, 7) is 0. The fraction of sp³-hybridized carbons (Fsp3) is 0. The smallest absolute Gasteiger partial charge is 0.0992 e. The van der Waals surface area contributed by atoms with E-state index >= 15 is 0 Å². The summed E-state index contributed by atoms with van der Waals surface area (Å²) in [4.78, 5) is 0. The lowest BCUT2D eigenvalue weighted by Crippen LogP contribution is -1.79. The molecule has 2 rings (SSSR count). The Morgan fingerprint density at radius 3 is 2.50 bits per heavy atom. The molecule has 0 saturated carbocycles. The van der Waals surface area contributed by atoms with Crippen LogP contribution in [0.2, 0.25) is 0 Å². The van der Waals surface area contributed by atoms with Gasteiger partial charge in [-0.15, -0.1) is 0 Å². The molecule has 88 valence electrons. The standard InChI is InChI=1S/C15H9Br2N/c16-14-8-11(7-12(9-14)10-18)5-6-13-3-1-2-4-15(13)17/h1-9H. The van der Waals surface area contributed by atoms with Gasteiger partial charge in [0.25, 0.3) is 0 Å². The van der Waals surface area contributed by atoms with Crippen molar-refractivity contribution < 1.29 is 0 Å². The van der Waals surface area contributed by atoms with Gasteiger partial charge < -0.3 is 0 Å². The minimum absolute atomic E-state index is 0.649. The van der Waals surface area contributed by atoms with Crippen molar-refractivity contribution in [3.05, 3.63) is 68.1 Å². The number of rotatable bonds is 2. The van der Waals surface area contributed by atoms with Gasteiger partial charge in [-0.2, -0.15) is 5.26 Å². The summed E-state index contributed by atoms with van der Waals surface area (Å²) in [7, 11) is 0. The molecule has 0 aromatic heterocycles. The van der Waals surface area contributed by atoms with E-state index in [1.165, 1.54) is 0 Å². The van der Waals surface area contributed by atoms with Crippen LogP contribution in [-0.2, 0) is 0 Å². The predicted molar refractivity (Wildman–Crippen MR) is 81.9 cm³/mol. The van der Waals surface area contributed by atoms with Crippen molar-refractivity contribution in [3.8, 4) is 6.07 Å². The summed E-state index contributed by atoms with van der Waals surface area (Å²) < 4.78 is 1.96. The summed E-state index contributed by atoms with van der Waals surface area (Å²) in [5, 5.41) is 8.91. The Morgan fingerprint density at radius 2 is 1.78 bits per heavy atom. The minimum Gasteiger partial charge on any atom is -0.192 e. The number of halogens is 2. The molecule has 0 N–H and O–H groups in total. The van der Waals surface area contributed by atoms with Gasteiger partial charge in [-0.1, -0.05) is 62.2 Å². The third kappa shape index (κ3) is 3.32. The van der Waals surface area contributed by atoms with E-state index in [9.17, 15) is 0 Å². The average Bonchev–Trinajstić information content (AvgIpc) is 2.37. The Morgan fingerprint density at radius 1 is 1.00 bits per heavy atom. The molecule has 0 heterocycles. The molecule has 0 spiro atoms. The molecule has 0 bridgehead atoms. The van der Waals surface area contributed by atoms with Gasteiger partial charge in [-0.05, 0) is 35.4 Å². The molecular weight excluding hydrogens is 354 g/mol. The Kier molecular flexibility index (Phi) is 4.35. The quantitative estimate of drug-likeness (QED) is 0.669. The lowest BCUT2D eigenvalue weighted by Gasteiger charge is -1.99. The number of hydrogen-bond acceptors (Lipinski definition) is 1. The van der Waals surface area contributed by atoms with Crippen molar-refractivity contribution in [2.75, 3.05) is 0 Å².